The molecule has 0 spiro atoms. The normalized spacial score (nSPS) is 29.9. The number of ether oxygens (including phenoxy) is 1. The number of hydrogen-bond acceptors (Lipinski definition) is 2. The van der Waals surface area contributed by atoms with Crippen LogP contribution in [0.15, 0.2) is 24.3 Å². The van der Waals surface area contributed by atoms with Crippen LogP contribution >= 0.6 is 0 Å². The molecule has 3 aliphatic rings. The average Bonchev–Trinajstić information content (AvgIpc) is 2.17. The number of nitrogens with zero attached hydrogens (tertiary/aromatic N) is 1. The van der Waals surface area contributed by atoms with Crippen molar-refractivity contribution in [1.29, 1.82) is 0 Å². The summed E-state index contributed by atoms with van der Waals surface area (Å²) in [6, 6.07) is 6.94. The molecule has 4 rings (SSSR count). The van der Waals surface area contributed by atoms with E-state index in [1.165, 1.54) is 6.07 Å². The highest BCUT2D eigenvalue weighted by atomic mass is 19.1. The van der Waals surface area contributed by atoms with E-state index in [1.807, 2.05) is 12.1 Å². The van der Waals surface area contributed by atoms with Gasteiger partial charge in [-0.3, -0.25) is 0 Å². The van der Waals surface area contributed by atoms with Gasteiger partial charge in [0, 0.05) is 19.5 Å². The van der Waals surface area contributed by atoms with E-state index in [1.54, 1.807) is 6.07 Å². The Labute approximate surface area is 82.3 Å². The molecule has 0 amide bonds. The summed E-state index contributed by atoms with van der Waals surface area (Å²) in [6.45, 7) is 1.66. The van der Waals surface area contributed by atoms with Gasteiger partial charge in [-0.2, -0.15) is 0 Å². The molecule has 3 fully saturated rings. The van der Waals surface area contributed by atoms with E-state index in [2.05, 4.69) is 4.90 Å². The lowest BCUT2D eigenvalue weighted by Crippen LogP contribution is -2.57. The predicted molar refractivity (Wildman–Crippen MR) is 51.9 cm³/mol. The number of morpholine rings is 1. The van der Waals surface area contributed by atoms with Crippen molar-refractivity contribution in [2.45, 2.75) is 18.6 Å². The second-order valence-corrected chi connectivity index (χ2v) is 3.97. The fourth-order valence-corrected chi connectivity index (χ4v) is 2.26. The van der Waals surface area contributed by atoms with Gasteiger partial charge in [0.15, 0.2) is 0 Å². The van der Waals surface area contributed by atoms with Crippen molar-refractivity contribution >= 4 is 5.69 Å². The fraction of sp³-hybridized carbons (Fsp3) is 0.455. The second kappa shape index (κ2) is 2.95. The molecule has 0 aliphatic carbocycles. The van der Waals surface area contributed by atoms with E-state index in [9.17, 15) is 4.39 Å². The first kappa shape index (κ1) is 8.24. The van der Waals surface area contributed by atoms with Crippen LogP contribution in [0.1, 0.15) is 6.42 Å². The molecule has 14 heavy (non-hydrogen) atoms. The van der Waals surface area contributed by atoms with Gasteiger partial charge in [0.2, 0.25) is 0 Å². The first-order chi connectivity index (χ1) is 6.83. The average molecular weight is 193 g/mol. The Kier molecular flexibility index (Phi) is 1.74. The van der Waals surface area contributed by atoms with Crippen molar-refractivity contribution < 1.29 is 9.13 Å². The molecular formula is C11H12FNO. The maximum atomic E-state index is 13.4. The molecule has 0 N–H and O–H groups in total. The molecule has 74 valence electrons. The van der Waals surface area contributed by atoms with E-state index in [0.717, 1.165) is 19.5 Å². The van der Waals surface area contributed by atoms with Crippen molar-refractivity contribution in [3.8, 4) is 0 Å². The lowest BCUT2D eigenvalue weighted by molar-refractivity contribution is -0.133. The summed E-state index contributed by atoms with van der Waals surface area (Å²) in [5, 5.41) is 0. The third-order valence-electron chi connectivity index (χ3n) is 2.95. The standard InChI is InChI=1S/C11H12FNO/c12-10-3-1-2-4-11(10)13-6-8-5-9(7-13)14-8/h1-4,8-9H,5-7H2. The Hall–Kier alpha value is -1.09. The molecule has 2 bridgehead atoms. The summed E-state index contributed by atoms with van der Waals surface area (Å²) < 4.78 is 18.9. The molecule has 3 aliphatic heterocycles. The number of fused-ring (bicyclic) bond motifs is 2. The number of halogens is 1. The van der Waals surface area contributed by atoms with Crippen molar-refractivity contribution in [3.05, 3.63) is 30.1 Å². The minimum Gasteiger partial charge on any atom is -0.371 e. The van der Waals surface area contributed by atoms with E-state index in [-0.39, 0.29) is 5.82 Å². The largest absolute Gasteiger partial charge is 0.371 e. The molecule has 1 aromatic rings. The minimum atomic E-state index is -0.131. The van der Waals surface area contributed by atoms with Crippen molar-refractivity contribution in [2.75, 3.05) is 18.0 Å². The molecule has 2 atom stereocenters. The zero-order valence-corrected chi connectivity index (χ0v) is 7.82. The Balaban J connectivity index is 1.85. The maximum Gasteiger partial charge on any atom is 0.146 e. The highest BCUT2D eigenvalue weighted by Gasteiger charge is 2.38. The monoisotopic (exact) mass is 193 g/mol. The van der Waals surface area contributed by atoms with Crippen molar-refractivity contribution in [2.24, 2.45) is 0 Å². The second-order valence-electron chi connectivity index (χ2n) is 3.97. The third kappa shape index (κ3) is 1.20. The fourth-order valence-electron chi connectivity index (χ4n) is 2.26. The highest BCUT2D eigenvalue weighted by molar-refractivity contribution is 5.48. The van der Waals surface area contributed by atoms with Crippen LogP contribution in [-0.2, 0) is 4.74 Å². The molecule has 1 aromatic carbocycles. The van der Waals surface area contributed by atoms with E-state index in [4.69, 9.17) is 4.74 Å². The van der Waals surface area contributed by atoms with Gasteiger partial charge in [0.1, 0.15) is 5.82 Å². The van der Waals surface area contributed by atoms with Gasteiger partial charge in [-0.25, -0.2) is 4.39 Å². The first-order valence-corrected chi connectivity index (χ1v) is 4.98. The molecule has 3 saturated heterocycles. The van der Waals surface area contributed by atoms with Crippen LogP contribution in [0.2, 0.25) is 0 Å². The molecule has 0 radical (unpaired) electrons. The van der Waals surface area contributed by atoms with E-state index in [0.29, 0.717) is 17.9 Å². The molecule has 3 heterocycles. The van der Waals surface area contributed by atoms with Crippen LogP contribution in [0.4, 0.5) is 10.1 Å². The number of hydrogen-bond donors (Lipinski definition) is 0. The Morgan fingerprint density at radius 1 is 1.21 bits per heavy atom. The molecule has 0 saturated carbocycles. The number of benzene rings is 1. The summed E-state index contributed by atoms with van der Waals surface area (Å²) >= 11 is 0. The van der Waals surface area contributed by atoms with Crippen LogP contribution in [0.3, 0.4) is 0 Å². The van der Waals surface area contributed by atoms with Gasteiger partial charge >= 0.3 is 0 Å². The molecule has 2 unspecified atom stereocenters. The van der Waals surface area contributed by atoms with Crippen LogP contribution in [0.5, 0.6) is 0 Å². The molecule has 3 heteroatoms. The zero-order chi connectivity index (χ0) is 9.54. The summed E-state index contributed by atoms with van der Waals surface area (Å²) in [6.07, 6.45) is 1.80. The lowest BCUT2D eigenvalue weighted by atomic mass is 9.98. The van der Waals surface area contributed by atoms with E-state index >= 15 is 0 Å². The van der Waals surface area contributed by atoms with Gasteiger partial charge in [-0.05, 0) is 12.1 Å². The van der Waals surface area contributed by atoms with Gasteiger partial charge < -0.3 is 9.64 Å². The maximum absolute atomic E-state index is 13.4. The summed E-state index contributed by atoms with van der Waals surface area (Å²) in [4.78, 5) is 2.08. The minimum absolute atomic E-state index is 0.131. The van der Waals surface area contributed by atoms with E-state index < -0.39 is 0 Å². The molecule has 2 nitrogen and oxygen atoms in total. The number of anilines is 1. The van der Waals surface area contributed by atoms with Gasteiger partial charge in [-0.1, -0.05) is 12.1 Å². The molecular weight excluding hydrogens is 181 g/mol. The Morgan fingerprint density at radius 3 is 2.50 bits per heavy atom. The highest BCUT2D eigenvalue weighted by Crippen LogP contribution is 2.32. The number of para-hydroxylation sites is 1. The first-order valence-electron chi connectivity index (χ1n) is 4.98. The van der Waals surface area contributed by atoms with Crippen molar-refractivity contribution in [3.63, 3.8) is 0 Å². The smallest absolute Gasteiger partial charge is 0.146 e. The number of piperidine rings is 1. The Morgan fingerprint density at radius 2 is 1.86 bits per heavy atom. The third-order valence-corrected chi connectivity index (χ3v) is 2.95. The van der Waals surface area contributed by atoms with Crippen LogP contribution in [-0.4, -0.2) is 25.3 Å². The van der Waals surface area contributed by atoms with Gasteiger partial charge in [-0.15, -0.1) is 0 Å². The Bertz CT molecular complexity index is 339. The van der Waals surface area contributed by atoms with Gasteiger partial charge in [0.25, 0.3) is 0 Å². The molecule has 0 aromatic heterocycles. The van der Waals surface area contributed by atoms with Crippen LogP contribution in [0, 0.1) is 5.82 Å². The SMILES string of the molecule is Fc1ccccc1N1CC2CC(C1)O2. The zero-order valence-electron chi connectivity index (χ0n) is 7.82. The number of rotatable bonds is 1. The topological polar surface area (TPSA) is 12.5 Å². The predicted octanol–water partition coefficient (Wildman–Crippen LogP) is 1.80. The van der Waals surface area contributed by atoms with Crippen molar-refractivity contribution in [1.82, 2.24) is 0 Å². The van der Waals surface area contributed by atoms with Crippen LogP contribution in [0.25, 0.3) is 0 Å². The summed E-state index contributed by atoms with van der Waals surface area (Å²) in [5.41, 5.74) is 0.713. The summed E-state index contributed by atoms with van der Waals surface area (Å²) in [5.74, 6) is -0.131. The lowest BCUT2D eigenvalue weighted by Gasteiger charge is -2.48. The summed E-state index contributed by atoms with van der Waals surface area (Å²) in [7, 11) is 0. The van der Waals surface area contributed by atoms with Gasteiger partial charge in [0.05, 0.1) is 17.9 Å². The quantitative estimate of drug-likeness (QED) is 0.674. The van der Waals surface area contributed by atoms with Crippen LogP contribution < -0.4 is 4.90 Å².